The van der Waals surface area contributed by atoms with E-state index in [0.29, 0.717) is 33.8 Å². The first kappa shape index (κ1) is 15.3. The number of hydrogen-bond acceptors (Lipinski definition) is 3. The first-order chi connectivity index (χ1) is 12.1. The number of hydrogen-bond donors (Lipinski definition) is 0. The second-order valence-corrected chi connectivity index (χ2v) is 6.13. The molecule has 3 aromatic carbocycles. The Balaban J connectivity index is 1.77. The predicted molar refractivity (Wildman–Crippen MR) is 94.6 cm³/mol. The van der Waals surface area contributed by atoms with Crippen molar-refractivity contribution in [2.24, 2.45) is 0 Å². The van der Waals surface area contributed by atoms with E-state index < -0.39 is 0 Å². The van der Waals surface area contributed by atoms with Crippen LogP contribution in [0, 0.1) is 19.9 Å². The summed E-state index contributed by atoms with van der Waals surface area (Å²) in [5, 5.41) is 0. The number of aryl methyl sites for hydroxylation is 1. The lowest BCUT2D eigenvalue weighted by atomic mass is 9.84. The molecule has 0 fully saturated rings. The molecule has 0 unspecified atom stereocenters. The second-order valence-electron chi connectivity index (χ2n) is 6.13. The molecular weight excluding hydrogens is 312 g/mol. The van der Waals surface area contributed by atoms with E-state index in [1.54, 1.807) is 36.4 Å². The zero-order valence-corrected chi connectivity index (χ0v) is 13.9. The molecule has 1 radical (unpaired) electrons. The third-order valence-electron chi connectivity index (χ3n) is 4.60. The van der Waals surface area contributed by atoms with E-state index in [2.05, 4.69) is 6.07 Å². The van der Waals surface area contributed by atoms with Crippen LogP contribution in [0.4, 0.5) is 0 Å². The molecule has 0 aliphatic heterocycles. The van der Waals surface area contributed by atoms with Crippen molar-refractivity contribution in [2.45, 2.75) is 13.8 Å². The summed E-state index contributed by atoms with van der Waals surface area (Å²) in [7, 11) is 0. The Morgan fingerprint density at radius 2 is 1.48 bits per heavy atom. The summed E-state index contributed by atoms with van der Waals surface area (Å²) < 4.78 is 5.91. The molecule has 0 amide bonds. The first-order valence-electron chi connectivity index (χ1n) is 8.04. The summed E-state index contributed by atoms with van der Waals surface area (Å²) >= 11 is 0. The average molecular weight is 327 g/mol. The number of benzene rings is 3. The number of carbonyl (C=O) groups is 2. The smallest absolute Gasteiger partial charge is 0.194 e. The van der Waals surface area contributed by atoms with Crippen LogP contribution in [0.15, 0.2) is 54.6 Å². The first-order valence-corrected chi connectivity index (χ1v) is 8.04. The zero-order chi connectivity index (χ0) is 17.6. The molecule has 0 saturated carbocycles. The molecule has 0 saturated heterocycles. The Hall–Kier alpha value is -3.20. The third kappa shape index (κ3) is 2.45. The number of ketones is 2. The Morgan fingerprint density at radius 3 is 2.20 bits per heavy atom. The van der Waals surface area contributed by atoms with Crippen molar-refractivity contribution in [3.8, 4) is 11.5 Å². The van der Waals surface area contributed by atoms with Gasteiger partial charge in [0.1, 0.15) is 11.5 Å². The summed E-state index contributed by atoms with van der Waals surface area (Å²) in [6.07, 6.45) is 0. The van der Waals surface area contributed by atoms with Crippen molar-refractivity contribution < 1.29 is 14.3 Å². The lowest BCUT2D eigenvalue weighted by Gasteiger charge is -2.18. The highest BCUT2D eigenvalue weighted by molar-refractivity contribution is 6.28. The molecule has 3 nitrogen and oxygen atoms in total. The van der Waals surface area contributed by atoms with Crippen LogP contribution < -0.4 is 4.74 Å². The minimum absolute atomic E-state index is 0.153. The Kier molecular flexibility index (Phi) is 3.50. The highest BCUT2D eigenvalue weighted by Gasteiger charge is 2.29. The van der Waals surface area contributed by atoms with Gasteiger partial charge in [0.2, 0.25) is 0 Å². The fourth-order valence-electron chi connectivity index (χ4n) is 3.03. The van der Waals surface area contributed by atoms with Gasteiger partial charge >= 0.3 is 0 Å². The molecule has 0 atom stereocenters. The molecule has 0 heterocycles. The van der Waals surface area contributed by atoms with E-state index in [9.17, 15) is 9.59 Å². The number of ether oxygens (including phenoxy) is 1. The summed E-state index contributed by atoms with van der Waals surface area (Å²) in [5.74, 6) is 0.823. The highest BCUT2D eigenvalue weighted by atomic mass is 16.5. The molecule has 0 bridgehead atoms. The van der Waals surface area contributed by atoms with Gasteiger partial charge in [0.25, 0.3) is 0 Å². The Morgan fingerprint density at radius 1 is 0.800 bits per heavy atom. The van der Waals surface area contributed by atoms with Crippen LogP contribution >= 0.6 is 0 Å². The van der Waals surface area contributed by atoms with Crippen molar-refractivity contribution in [2.75, 3.05) is 0 Å². The van der Waals surface area contributed by atoms with Gasteiger partial charge in [-0.05, 0) is 43.2 Å². The molecule has 25 heavy (non-hydrogen) atoms. The van der Waals surface area contributed by atoms with Crippen LogP contribution in [0.3, 0.4) is 0 Å². The number of rotatable bonds is 2. The molecule has 3 aromatic rings. The minimum atomic E-state index is -0.162. The SMILES string of the molecule is Cc1cccc(Oc2[c]cc3c(c2)C(=O)c2ccccc2C3=O)c1C. The van der Waals surface area contributed by atoms with Gasteiger partial charge in [0, 0.05) is 28.3 Å². The molecule has 3 heteroatoms. The molecule has 1 aliphatic rings. The summed E-state index contributed by atoms with van der Waals surface area (Å²) in [6, 6.07) is 18.8. The van der Waals surface area contributed by atoms with Crippen molar-refractivity contribution in [1.82, 2.24) is 0 Å². The van der Waals surface area contributed by atoms with Gasteiger partial charge in [-0.15, -0.1) is 0 Å². The highest BCUT2D eigenvalue weighted by Crippen LogP contribution is 2.32. The van der Waals surface area contributed by atoms with Crippen LogP contribution in [0.1, 0.15) is 43.0 Å². The number of fused-ring (bicyclic) bond motifs is 2. The fraction of sp³-hybridized carbons (Fsp3) is 0.0909. The van der Waals surface area contributed by atoms with Crippen LogP contribution in [0.25, 0.3) is 0 Å². The number of carbonyl (C=O) groups excluding carboxylic acids is 2. The van der Waals surface area contributed by atoms with Gasteiger partial charge in [-0.25, -0.2) is 0 Å². The minimum Gasteiger partial charge on any atom is -0.456 e. The van der Waals surface area contributed by atoms with Crippen LogP contribution in [0.5, 0.6) is 11.5 Å². The molecular formula is C22H15O3. The van der Waals surface area contributed by atoms with Gasteiger partial charge in [-0.2, -0.15) is 0 Å². The van der Waals surface area contributed by atoms with Gasteiger partial charge in [-0.1, -0.05) is 36.4 Å². The lowest BCUT2D eigenvalue weighted by Crippen LogP contribution is -2.20. The monoisotopic (exact) mass is 327 g/mol. The maximum absolute atomic E-state index is 12.8. The van der Waals surface area contributed by atoms with Crippen molar-refractivity contribution in [3.05, 3.63) is 94.0 Å². The van der Waals surface area contributed by atoms with Crippen molar-refractivity contribution >= 4 is 11.6 Å². The van der Waals surface area contributed by atoms with Gasteiger partial charge in [0.15, 0.2) is 11.6 Å². The van der Waals surface area contributed by atoms with Crippen LogP contribution in [0.2, 0.25) is 0 Å². The molecule has 0 aromatic heterocycles. The molecule has 0 spiro atoms. The van der Waals surface area contributed by atoms with E-state index in [1.807, 2.05) is 32.0 Å². The van der Waals surface area contributed by atoms with Gasteiger partial charge in [-0.3, -0.25) is 9.59 Å². The van der Waals surface area contributed by atoms with E-state index >= 15 is 0 Å². The largest absolute Gasteiger partial charge is 0.456 e. The van der Waals surface area contributed by atoms with E-state index in [4.69, 9.17) is 4.74 Å². The van der Waals surface area contributed by atoms with Crippen LogP contribution in [-0.4, -0.2) is 11.6 Å². The summed E-state index contributed by atoms with van der Waals surface area (Å²) in [6.45, 7) is 3.99. The van der Waals surface area contributed by atoms with E-state index in [1.165, 1.54) is 0 Å². The van der Waals surface area contributed by atoms with Gasteiger partial charge < -0.3 is 4.74 Å². The maximum atomic E-state index is 12.8. The zero-order valence-electron chi connectivity index (χ0n) is 13.9. The predicted octanol–water partition coefficient (Wildman–Crippen LogP) is 4.67. The van der Waals surface area contributed by atoms with E-state index in [0.717, 1.165) is 11.1 Å². The molecule has 121 valence electrons. The molecule has 1 aliphatic carbocycles. The molecule has 4 rings (SSSR count). The second kappa shape index (κ2) is 5.71. The third-order valence-corrected chi connectivity index (χ3v) is 4.60. The fourth-order valence-corrected chi connectivity index (χ4v) is 3.03. The Bertz CT molecular complexity index is 1030. The maximum Gasteiger partial charge on any atom is 0.194 e. The van der Waals surface area contributed by atoms with Crippen LogP contribution in [-0.2, 0) is 0 Å². The average Bonchev–Trinajstić information content (AvgIpc) is 2.63. The topological polar surface area (TPSA) is 43.4 Å². The Labute approximate surface area is 145 Å². The normalized spacial score (nSPS) is 12.6. The van der Waals surface area contributed by atoms with Crippen molar-refractivity contribution in [3.63, 3.8) is 0 Å². The quantitative estimate of drug-likeness (QED) is 0.537. The lowest BCUT2D eigenvalue weighted by molar-refractivity contribution is 0.0979. The van der Waals surface area contributed by atoms with Crippen molar-refractivity contribution in [1.29, 1.82) is 0 Å². The summed E-state index contributed by atoms with van der Waals surface area (Å²) in [5.41, 5.74) is 3.76. The summed E-state index contributed by atoms with van der Waals surface area (Å²) in [4.78, 5) is 25.4. The molecule has 0 N–H and O–H groups in total. The van der Waals surface area contributed by atoms with E-state index in [-0.39, 0.29) is 11.6 Å². The van der Waals surface area contributed by atoms with Gasteiger partial charge in [0.05, 0.1) is 0 Å². The standard InChI is InChI=1S/C22H15O3/c1-13-6-5-9-20(14(13)2)25-15-10-11-18-19(12-15)22(24)17-8-4-3-7-16(17)21(18)23/h3-9,11-12H,1-2H3.